The second kappa shape index (κ2) is 14.7. The highest BCUT2D eigenvalue weighted by Crippen LogP contribution is 2.45. The lowest BCUT2D eigenvalue weighted by atomic mass is 10.1. The molecule has 4 N–H and O–H groups in total. The molecule has 12 nitrogen and oxygen atoms in total. The average molecular weight is 826 g/mol. The van der Waals surface area contributed by atoms with Gasteiger partial charge in [0.1, 0.15) is 21.4 Å². The standard InChI is InChI=1S/C40H30Cl2N6O6S2/c1-3-53-39(51)33-31(29-21(41)7-5-9-27(29)55-33)37-45-23-17-19(35(43)49)11-13-25(23)47(37)15-16-48-26-14-12-20(36(44)50)18-24(26)46-38(48)32-30-22(42)8-6-10-28(30)56-34(32)40(52)54-4-2/h5-14,17-18H,3-4,15-16H2,1-2H3,(H2,43,49)(H2,44,50). The minimum absolute atomic E-state index is 0.154. The number of imidazole rings is 2. The molecule has 56 heavy (non-hydrogen) atoms. The zero-order chi connectivity index (χ0) is 39.4. The molecule has 16 heteroatoms. The maximum atomic E-state index is 13.6. The van der Waals surface area contributed by atoms with Crippen molar-refractivity contribution in [3.63, 3.8) is 0 Å². The highest BCUT2D eigenvalue weighted by molar-refractivity contribution is 7.22. The number of aromatic nitrogens is 4. The predicted octanol–water partition coefficient (Wildman–Crippen LogP) is 8.71. The third kappa shape index (κ3) is 6.24. The van der Waals surface area contributed by atoms with Crippen LogP contribution in [0, 0.1) is 0 Å². The van der Waals surface area contributed by atoms with Crippen molar-refractivity contribution in [2.24, 2.45) is 11.5 Å². The van der Waals surface area contributed by atoms with Gasteiger partial charge in [0.2, 0.25) is 11.8 Å². The zero-order valence-electron chi connectivity index (χ0n) is 29.7. The van der Waals surface area contributed by atoms with E-state index in [4.69, 9.17) is 54.1 Å². The Morgan fingerprint density at radius 1 is 0.643 bits per heavy atom. The fourth-order valence-electron chi connectivity index (χ4n) is 6.92. The van der Waals surface area contributed by atoms with Crippen LogP contribution < -0.4 is 11.5 Å². The van der Waals surface area contributed by atoms with Crippen LogP contribution >= 0.6 is 45.9 Å². The summed E-state index contributed by atoms with van der Waals surface area (Å²) in [6.45, 7) is 4.23. The van der Waals surface area contributed by atoms with Gasteiger partial charge in [0.25, 0.3) is 0 Å². The van der Waals surface area contributed by atoms with Crippen LogP contribution in [0.3, 0.4) is 0 Å². The summed E-state index contributed by atoms with van der Waals surface area (Å²) >= 11 is 16.2. The Kier molecular flexibility index (Phi) is 9.74. The predicted molar refractivity (Wildman–Crippen MR) is 220 cm³/mol. The number of primary amides is 2. The highest BCUT2D eigenvalue weighted by atomic mass is 35.5. The highest BCUT2D eigenvalue weighted by Gasteiger charge is 2.30. The summed E-state index contributed by atoms with van der Waals surface area (Å²) in [6.07, 6.45) is 0. The van der Waals surface area contributed by atoms with E-state index in [0.717, 1.165) is 9.40 Å². The Morgan fingerprint density at radius 2 is 1.05 bits per heavy atom. The summed E-state index contributed by atoms with van der Waals surface area (Å²) < 4.78 is 16.4. The molecule has 0 bridgehead atoms. The molecule has 0 aliphatic rings. The molecule has 4 aromatic heterocycles. The number of hydrogen-bond acceptors (Lipinski definition) is 10. The fourth-order valence-corrected chi connectivity index (χ4v) is 9.81. The number of aryl methyl sites for hydroxylation is 2. The Morgan fingerprint density at radius 3 is 1.43 bits per heavy atom. The van der Waals surface area contributed by atoms with Crippen molar-refractivity contribution in [3.8, 4) is 22.8 Å². The summed E-state index contributed by atoms with van der Waals surface area (Å²) in [4.78, 5) is 62.3. The number of hydrogen-bond donors (Lipinski definition) is 2. The quantitative estimate of drug-likeness (QED) is 0.122. The number of nitrogens with zero attached hydrogens (tertiary/aromatic N) is 4. The lowest BCUT2D eigenvalue weighted by Crippen LogP contribution is -2.13. The van der Waals surface area contributed by atoms with Gasteiger partial charge in [-0.1, -0.05) is 35.3 Å². The molecule has 0 atom stereocenters. The van der Waals surface area contributed by atoms with Gasteiger partial charge in [0.15, 0.2) is 0 Å². The number of carbonyl (C=O) groups excluding carboxylic acids is 4. The maximum absolute atomic E-state index is 13.6. The van der Waals surface area contributed by atoms with Gasteiger partial charge in [-0.05, 0) is 74.5 Å². The van der Waals surface area contributed by atoms with Crippen molar-refractivity contribution in [1.82, 2.24) is 19.1 Å². The minimum atomic E-state index is -0.622. The number of nitrogens with two attached hydrogens (primary N) is 2. The van der Waals surface area contributed by atoms with Gasteiger partial charge in [-0.3, -0.25) is 9.59 Å². The summed E-state index contributed by atoms with van der Waals surface area (Å²) in [5.74, 6) is -1.50. The maximum Gasteiger partial charge on any atom is 0.349 e. The van der Waals surface area contributed by atoms with Crippen LogP contribution in [0.2, 0.25) is 10.0 Å². The molecule has 8 aromatic rings. The number of carbonyl (C=O) groups is 4. The molecule has 0 aliphatic heterocycles. The average Bonchev–Trinajstić information content (AvgIpc) is 3.94. The number of ether oxygens (including phenoxy) is 2. The van der Waals surface area contributed by atoms with Crippen molar-refractivity contribution in [2.75, 3.05) is 13.2 Å². The van der Waals surface area contributed by atoms with E-state index in [1.54, 1.807) is 62.4 Å². The first kappa shape index (κ1) is 37.1. The normalized spacial score (nSPS) is 11.6. The topological polar surface area (TPSA) is 174 Å². The Bertz CT molecular complexity index is 2750. The summed E-state index contributed by atoms with van der Waals surface area (Å²) in [5.41, 5.74) is 15.0. The van der Waals surface area contributed by atoms with E-state index < -0.39 is 23.8 Å². The fraction of sp³-hybridized carbons (Fsp3) is 0.150. The van der Waals surface area contributed by atoms with Crippen LogP contribution in [0.4, 0.5) is 0 Å². The van der Waals surface area contributed by atoms with Crippen LogP contribution in [-0.4, -0.2) is 56.1 Å². The van der Waals surface area contributed by atoms with E-state index in [2.05, 4.69) is 0 Å². The first-order chi connectivity index (χ1) is 27.0. The Hall–Kier alpha value is -5.80. The molecule has 8 rings (SSSR count). The largest absolute Gasteiger partial charge is 0.462 e. The van der Waals surface area contributed by atoms with E-state index in [0.29, 0.717) is 75.4 Å². The molecule has 282 valence electrons. The lowest BCUT2D eigenvalue weighted by Gasteiger charge is -2.15. The van der Waals surface area contributed by atoms with Crippen LogP contribution in [0.1, 0.15) is 53.9 Å². The zero-order valence-corrected chi connectivity index (χ0v) is 32.9. The van der Waals surface area contributed by atoms with Crippen molar-refractivity contribution in [3.05, 3.63) is 104 Å². The molecular weight excluding hydrogens is 796 g/mol. The summed E-state index contributed by atoms with van der Waals surface area (Å²) in [6, 6.07) is 20.8. The van der Waals surface area contributed by atoms with Crippen molar-refractivity contribution >= 4 is 112 Å². The van der Waals surface area contributed by atoms with Crippen molar-refractivity contribution < 1.29 is 28.7 Å². The molecular formula is C40H30Cl2N6O6S2. The van der Waals surface area contributed by atoms with Crippen LogP contribution in [0.5, 0.6) is 0 Å². The van der Waals surface area contributed by atoms with Gasteiger partial charge in [0.05, 0.1) is 56.5 Å². The SMILES string of the molecule is CCOC(=O)c1sc2cccc(Cl)c2c1-c1nc2cc(C(N)=O)ccc2n1CCn1c(-c2c(C(=O)OCC)sc3cccc(Cl)c23)nc2cc(C(N)=O)ccc21. The van der Waals surface area contributed by atoms with Gasteiger partial charge < -0.3 is 30.1 Å². The van der Waals surface area contributed by atoms with Crippen LogP contribution in [0.25, 0.3) is 65.0 Å². The smallest absolute Gasteiger partial charge is 0.349 e. The minimum Gasteiger partial charge on any atom is -0.462 e. The van der Waals surface area contributed by atoms with E-state index in [-0.39, 0.29) is 37.4 Å². The van der Waals surface area contributed by atoms with Crippen LogP contribution in [-0.2, 0) is 22.6 Å². The number of halogens is 2. The van der Waals surface area contributed by atoms with Gasteiger partial charge in [0, 0.05) is 44.4 Å². The first-order valence-electron chi connectivity index (χ1n) is 17.4. The van der Waals surface area contributed by atoms with Gasteiger partial charge >= 0.3 is 11.9 Å². The molecule has 0 fully saturated rings. The molecule has 0 saturated heterocycles. The van der Waals surface area contributed by atoms with Gasteiger partial charge in [-0.2, -0.15) is 0 Å². The number of fused-ring (bicyclic) bond motifs is 4. The third-order valence-corrected chi connectivity index (χ3v) is 12.2. The molecule has 4 heterocycles. The van der Waals surface area contributed by atoms with E-state index >= 15 is 0 Å². The summed E-state index contributed by atoms with van der Waals surface area (Å²) in [5, 5.41) is 2.09. The molecule has 0 spiro atoms. The van der Waals surface area contributed by atoms with Gasteiger partial charge in [-0.25, -0.2) is 19.6 Å². The van der Waals surface area contributed by atoms with Crippen molar-refractivity contribution in [1.29, 1.82) is 0 Å². The number of esters is 2. The number of thiophene rings is 2. The number of benzene rings is 4. The monoisotopic (exact) mass is 824 g/mol. The van der Waals surface area contributed by atoms with Gasteiger partial charge in [-0.15, -0.1) is 22.7 Å². The number of amides is 2. The third-order valence-electron chi connectivity index (χ3n) is 9.31. The van der Waals surface area contributed by atoms with E-state index in [1.165, 1.54) is 22.7 Å². The Balaban J connectivity index is 1.38. The molecule has 2 amide bonds. The van der Waals surface area contributed by atoms with Crippen molar-refractivity contribution in [2.45, 2.75) is 26.9 Å². The molecule has 0 saturated carbocycles. The summed E-state index contributed by atoms with van der Waals surface area (Å²) in [7, 11) is 0. The first-order valence-corrected chi connectivity index (χ1v) is 19.8. The molecule has 0 aliphatic carbocycles. The molecule has 0 unspecified atom stereocenters. The second-order valence-corrected chi connectivity index (χ2v) is 15.5. The van der Waals surface area contributed by atoms with E-state index in [9.17, 15) is 19.2 Å². The second-order valence-electron chi connectivity index (χ2n) is 12.6. The molecule has 0 radical (unpaired) electrons. The number of rotatable bonds is 11. The van der Waals surface area contributed by atoms with Crippen LogP contribution in [0.15, 0.2) is 72.8 Å². The Labute approximate surface area is 336 Å². The molecule has 4 aromatic carbocycles. The lowest BCUT2D eigenvalue weighted by molar-refractivity contribution is 0.0523. The van der Waals surface area contributed by atoms with E-state index in [1.807, 2.05) is 33.4 Å².